The molecule has 0 atom stereocenters. The average molecular weight is 268 g/mol. The molecule has 3 heteroatoms. The van der Waals surface area contributed by atoms with Crippen molar-refractivity contribution in [3.8, 4) is 0 Å². The van der Waals surface area contributed by atoms with Gasteiger partial charge in [-0.2, -0.15) is 0 Å². The van der Waals surface area contributed by atoms with Gasteiger partial charge in [-0.25, -0.2) is 0 Å². The van der Waals surface area contributed by atoms with Gasteiger partial charge in [0, 0.05) is 23.6 Å². The van der Waals surface area contributed by atoms with Crippen LogP contribution in [0.1, 0.15) is 23.2 Å². The predicted molar refractivity (Wildman–Crippen MR) is 63.8 cm³/mol. The number of benzene rings is 1. The van der Waals surface area contributed by atoms with Crippen molar-refractivity contribution >= 4 is 21.8 Å². The molecular formula is C12H14BrNO. The summed E-state index contributed by atoms with van der Waals surface area (Å²) in [6, 6.07) is 7.52. The van der Waals surface area contributed by atoms with Gasteiger partial charge in [0.15, 0.2) is 0 Å². The van der Waals surface area contributed by atoms with Crippen LogP contribution < -0.4 is 0 Å². The third kappa shape index (κ3) is 2.81. The Balaban J connectivity index is 2.02. The highest BCUT2D eigenvalue weighted by Gasteiger charge is 2.25. The second-order valence-electron chi connectivity index (χ2n) is 4.14. The number of carbonyl (C=O) groups is 1. The summed E-state index contributed by atoms with van der Waals surface area (Å²) in [5.74, 6) is 0.865. The van der Waals surface area contributed by atoms with E-state index in [1.54, 1.807) is 0 Å². The molecule has 0 unspecified atom stereocenters. The summed E-state index contributed by atoms with van der Waals surface area (Å²) in [6.45, 7) is 0.898. The Morgan fingerprint density at radius 1 is 1.40 bits per heavy atom. The Labute approximate surface area is 98.4 Å². The fourth-order valence-electron chi connectivity index (χ4n) is 1.58. The zero-order valence-electron chi connectivity index (χ0n) is 8.74. The van der Waals surface area contributed by atoms with Crippen LogP contribution in [0.15, 0.2) is 28.7 Å². The van der Waals surface area contributed by atoms with Crippen LogP contribution in [0, 0.1) is 5.92 Å². The first-order valence-corrected chi connectivity index (χ1v) is 5.97. The summed E-state index contributed by atoms with van der Waals surface area (Å²) in [4.78, 5) is 13.8. The van der Waals surface area contributed by atoms with Gasteiger partial charge in [-0.15, -0.1) is 0 Å². The number of halogens is 1. The largest absolute Gasteiger partial charge is 0.341 e. The molecule has 2 nitrogen and oxygen atoms in total. The standard InChI is InChI=1S/C12H14BrNO/c1-14(8-9-2-3-9)12(15)10-4-6-11(13)7-5-10/h4-7,9H,2-3,8H2,1H3. The molecule has 1 aliphatic carbocycles. The van der Waals surface area contributed by atoms with Gasteiger partial charge in [0.1, 0.15) is 0 Å². The van der Waals surface area contributed by atoms with E-state index in [1.165, 1.54) is 12.8 Å². The van der Waals surface area contributed by atoms with Gasteiger partial charge in [-0.3, -0.25) is 4.79 Å². The molecule has 1 saturated carbocycles. The van der Waals surface area contributed by atoms with Crippen molar-refractivity contribution in [1.29, 1.82) is 0 Å². The van der Waals surface area contributed by atoms with Crippen LogP contribution >= 0.6 is 15.9 Å². The number of hydrogen-bond acceptors (Lipinski definition) is 1. The molecule has 0 aliphatic heterocycles. The van der Waals surface area contributed by atoms with Crippen LogP contribution in [0.3, 0.4) is 0 Å². The van der Waals surface area contributed by atoms with E-state index in [4.69, 9.17) is 0 Å². The van der Waals surface area contributed by atoms with Gasteiger partial charge in [0.05, 0.1) is 0 Å². The first-order valence-electron chi connectivity index (χ1n) is 5.18. The average Bonchev–Trinajstić information content (AvgIpc) is 3.02. The number of amides is 1. The van der Waals surface area contributed by atoms with E-state index in [-0.39, 0.29) is 5.91 Å². The summed E-state index contributed by atoms with van der Waals surface area (Å²) < 4.78 is 1.00. The SMILES string of the molecule is CN(CC1CC1)C(=O)c1ccc(Br)cc1. The lowest BCUT2D eigenvalue weighted by Gasteiger charge is -2.16. The minimum absolute atomic E-state index is 0.120. The first-order chi connectivity index (χ1) is 7.16. The Bertz CT molecular complexity index is 356. The minimum atomic E-state index is 0.120. The third-order valence-corrected chi connectivity index (χ3v) is 3.20. The number of nitrogens with zero attached hydrogens (tertiary/aromatic N) is 1. The summed E-state index contributed by atoms with van der Waals surface area (Å²) in [7, 11) is 1.88. The number of hydrogen-bond donors (Lipinski definition) is 0. The second kappa shape index (κ2) is 4.35. The topological polar surface area (TPSA) is 20.3 Å². The fourth-order valence-corrected chi connectivity index (χ4v) is 1.85. The lowest BCUT2D eigenvalue weighted by molar-refractivity contribution is 0.0788. The lowest BCUT2D eigenvalue weighted by atomic mass is 10.2. The summed E-state index contributed by atoms with van der Waals surface area (Å²) >= 11 is 3.36. The summed E-state index contributed by atoms with van der Waals surface area (Å²) in [6.07, 6.45) is 2.55. The highest BCUT2D eigenvalue weighted by Crippen LogP contribution is 2.29. The summed E-state index contributed by atoms with van der Waals surface area (Å²) in [5.41, 5.74) is 0.765. The molecule has 1 amide bonds. The molecular weight excluding hydrogens is 254 g/mol. The molecule has 2 rings (SSSR count). The van der Waals surface area contributed by atoms with Gasteiger partial charge in [-0.05, 0) is 43.0 Å². The molecule has 80 valence electrons. The number of carbonyl (C=O) groups excluding carboxylic acids is 1. The van der Waals surface area contributed by atoms with Gasteiger partial charge < -0.3 is 4.90 Å². The molecule has 15 heavy (non-hydrogen) atoms. The van der Waals surface area contributed by atoms with E-state index in [1.807, 2.05) is 36.2 Å². The minimum Gasteiger partial charge on any atom is -0.341 e. The van der Waals surface area contributed by atoms with E-state index in [0.29, 0.717) is 0 Å². The molecule has 0 bridgehead atoms. The molecule has 0 heterocycles. The van der Waals surface area contributed by atoms with Crippen molar-refractivity contribution < 1.29 is 4.79 Å². The molecule has 1 fully saturated rings. The van der Waals surface area contributed by atoms with Gasteiger partial charge in [0.2, 0.25) is 0 Å². The quantitative estimate of drug-likeness (QED) is 0.825. The van der Waals surface area contributed by atoms with Gasteiger partial charge >= 0.3 is 0 Å². The van der Waals surface area contributed by atoms with Crippen LogP contribution in [0.5, 0.6) is 0 Å². The second-order valence-corrected chi connectivity index (χ2v) is 5.05. The van der Waals surface area contributed by atoms with Crippen molar-refractivity contribution in [2.24, 2.45) is 5.92 Å². The maximum atomic E-state index is 11.9. The van der Waals surface area contributed by atoms with Crippen molar-refractivity contribution in [3.05, 3.63) is 34.3 Å². The Hall–Kier alpha value is -0.830. The molecule has 0 radical (unpaired) electrons. The Morgan fingerprint density at radius 2 is 2.00 bits per heavy atom. The molecule has 1 aliphatic rings. The van der Waals surface area contributed by atoms with Crippen molar-refractivity contribution in [2.45, 2.75) is 12.8 Å². The van der Waals surface area contributed by atoms with E-state index in [0.717, 1.165) is 22.5 Å². The predicted octanol–water partition coefficient (Wildman–Crippen LogP) is 2.93. The van der Waals surface area contributed by atoms with Crippen LogP contribution in [0.4, 0.5) is 0 Å². The molecule has 0 aromatic heterocycles. The van der Waals surface area contributed by atoms with Crippen LogP contribution in [-0.4, -0.2) is 24.4 Å². The maximum Gasteiger partial charge on any atom is 0.253 e. The van der Waals surface area contributed by atoms with E-state index < -0.39 is 0 Å². The van der Waals surface area contributed by atoms with Gasteiger partial charge in [0.25, 0.3) is 5.91 Å². The lowest BCUT2D eigenvalue weighted by Crippen LogP contribution is -2.28. The fraction of sp³-hybridized carbons (Fsp3) is 0.417. The first kappa shape index (κ1) is 10.7. The number of rotatable bonds is 3. The Morgan fingerprint density at radius 3 is 2.53 bits per heavy atom. The van der Waals surface area contributed by atoms with Crippen molar-refractivity contribution in [1.82, 2.24) is 4.90 Å². The highest BCUT2D eigenvalue weighted by molar-refractivity contribution is 9.10. The van der Waals surface area contributed by atoms with Crippen LogP contribution in [0.25, 0.3) is 0 Å². The van der Waals surface area contributed by atoms with E-state index in [2.05, 4.69) is 15.9 Å². The molecule has 0 spiro atoms. The zero-order chi connectivity index (χ0) is 10.8. The summed E-state index contributed by atoms with van der Waals surface area (Å²) in [5, 5.41) is 0. The molecule has 1 aromatic carbocycles. The third-order valence-electron chi connectivity index (χ3n) is 2.67. The van der Waals surface area contributed by atoms with Crippen LogP contribution in [-0.2, 0) is 0 Å². The Kier molecular flexibility index (Phi) is 3.10. The zero-order valence-corrected chi connectivity index (χ0v) is 10.3. The highest BCUT2D eigenvalue weighted by atomic mass is 79.9. The molecule has 0 N–H and O–H groups in total. The molecule has 0 saturated heterocycles. The maximum absolute atomic E-state index is 11.9. The van der Waals surface area contributed by atoms with E-state index >= 15 is 0 Å². The molecule has 1 aromatic rings. The van der Waals surface area contributed by atoms with Crippen LogP contribution in [0.2, 0.25) is 0 Å². The van der Waals surface area contributed by atoms with Gasteiger partial charge in [-0.1, -0.05) is 15.9 Å². The van der Waals surface area contributed by atoms with E-state index in [9.17, 15) is 4.79 Å². The smallest absolute Gasteiger partial charge is 0.253 e. The monoisotopic (exact) mass is 267 g/mol. The van der Waals surface area contributed by atoms with Crippen molar-refractivity contribution in [3.63, 3.8) is 0 Å². The van der Waals surface area contributed by atoms with Crippen molar-refractivity contribution in [2.75, 3.05) is 13.6 Å². The normalized spacial score (nSPS) is 15.1.